The maximum absolute atomic E-state index is 12.4. The number of thioether (sulfide) groups is 1. The van der Waals surface area contributed by atoms with Gasteiger partial charge in [0.25, 0.3) is 5.91 Å². The molecule has 0 fully saturated rings. The number of hydrogen-bond donors (Lipinski definition) is 1. The average Bonchev–Trinajstić information content (AvgIpc) is 2.54. The zero-order valence-corrected chi connectivity index (χ0v) is 14.0. The topological polar surface area (TPSA) is 29.1 Å². The minimum absolute atomic E-state index is 0.0251. The second-order valence-electron chi connectivity index (χ2n) is 5.43. The van der Waals surface area contributed by atoms with E-state index >= 15 is 0 Å². The van der Waals surface area contributed by atoms with Crippen molar-refractivity contribution in [2.24, 2.45) is 0 Å². The zero-order chi connectivity index (χ0) is 15.8. The number of nitrogens with one attached hydrogen (secondary N) is 1. The summed E-state index contributed by atoms with van der Waals surface area (Å²) in [4.78, 5) is 13.5. The molecule has 0 aliphatic heterocycles. The molecule has 0 heterocycles. The van der Waals surface area contributed by atoms with E-state index in [2.05, 4.69) is 31.3 Å². The zero-order valence-electron chi connectivity index (χ0n) is 13.2. The smallest absolute Gasteiger partial charge is 0.252 e. The summed E-state index contributed by atoms with van der Waals surface area (Å²) >= 11 is 1.71. The molecule has 2 rings (SSSR count). The van der Waals surface area contributed by atoms with E-state index in [9.17, 15) is 4.79 Å². The highest BCUT2D eigenvalue weighted by Crippen LogP contribution is 2.26. The van der Waals surface area contributed by atoms with Crippen molar-refractivity contribution in [2.75, 3.05) is 0 Å². The van der Waals surface area contributed by atoms with Gasteiger partial charge in [-0.05, 0) is 31.0 Å². The molecule has 0 saturated heterocycles. The Balaban J connectivity index is 2.04. The average molecular weight is 313 g/mol. The third-order valence-corrected chi connectivity index (χ3v) is 4.61. The molecule has 0 saturated carbocycles. The molecule has 2 nitrogen and oxygen atoms in total. The molecule has 1 atom stereocenters. The molecule has 0 spiro atoms. The van der Waals surface area contributed by atoms with Gasteiger partial charge in [-0.1, -0.05) is 55.8 Å². The van der Waals surface area contributed by atoms with Crippen LogP contribution in [0.2, 0.25) is 0 Å². The third-order valence-electron chi connectivity index (χ3n) is 3.47. The highest BCUT2D eigenvalue weighted by atomic mass is 32.2. The van der Waals surface area contributed by atoms with E-state index in [0.29, 0.717) is 0 Å². The molecular formula is C19H23NOS. The second-order valence-corrected chi connectivity index (χ2v) is 6.45. The maximum Gasteiger partial charge on any atom is 0.252 e. The van der Waals surface area contributed by atoms with Gasteiger partial charge in [-0.3, -0.25) is 4.79 Å². The molecule has 0 radical (unpaired) electrons. The van der Waals surface area contributed by atoms with Crippen molar-refractivity contribution in [3.63, 3.8) is 0 Å². The minimum atomic E-state index is 0.0251. The van der Waals surface area contributed by atoms with Gasteiger partial charge in [0.1, 0.15) is 0 Å². The molecule has 0 aliphatic rings. The Kier molecular flexibility index (Phi) is 6.53. The summed E-state index contributed by atoms with van der Waals surface area (Å²) in [6, 6.07) is 18.4. The van der Waals surface area contributed by atoms with E-state index in [1.807, 2.05) is 42.5 Å². The van der Waals surface area contributed by atoms with Crippen LogP contribution in [0, 0.1) is 0 Å². The number of benzene rings is 2. The first-order chi connectivity index (χ1) is 10.7. The summed E-state index contributed by atoms with van der Waals surface area (Å²) in [5.74, 6) is 0.896. The van der Waals surface area contributed by atoms with Crippen LogP contribution in [0.1, 0.15) is 42.6 Å². The number of rotatable bonds is 7. The molecule has 116 valence electrons. The number of carbonyl (C=O) groups excluding carboxylic acids is 1. The Morgan fingerprint density at radius 3 is 2.50 bits per heavy atom. The lowest BCUT2D eigenvalue weighted by Crippen LogP contribution is -2.32. The van der Waals surface area contributed by atoms with Gasteiger partial charge in [0.05, 0.1) is 5.56 Å². The van der Waals surface area contributed by atoms with Crippen molar-refractivity contribution < 1.29 is 4.79 Å². The van der Waals surface area contributed by atoms with Crippen LogP contribution in [-0.2, 0) is 5.75 Å². The first-order valence-electron chi connectivity index (χ1n) is 7.77. The number of amides is 1. The van der Waals surface area contributed by atoms with Crippen LogP contribution in [0.15, 0.2) is 59.5 Å². The first kappa shape index (κ1) is 16.6. The van der Waals surface area contributed by atoms with Crippen LogP contribution in [0.4, 0.5) is 0 Å². The van der Waals surface area contributed by atoms with Gasteiger partial charge in [0, 0.05) is 16.7 Å². The van der Waals surface area contributed by atoms with Crippen molar-refractivity contribution >= 4 is 17.7 Å². The Morgan fingerprint density at radius 2 is 1.77 bits per heavy atom. The molecule has 1 amide bonds. The Hall–Kier alpha value is -1.74. The summed E-state index contributed by atoms with van der Waals surface area (Å²) in [5.41, 5.74) is 2.04. The van der Waals surface area contributed by atoms with Gasteiger partial charge in [-0.15, -0.1) is 11.8 Å². The van der Waals surface area contributed by atoms with E-state index in [4.69, 9.17) is 0 Å². The molecule has 1 unspecified atom stereocenters. The molecule has 0 aliphatic carbocycles. The van der Waals surface area contributed by atoms with Crippen molar-refractivity contribution in [1.29, 1.82) is 0 Å². The minimum Gasteiger partial charge on any atom is -0.350 e. The SMILES string of the molecule is CCCC(C)NC(=O)c1ccccc1SCc1ccccc1. The molecule has 22 heavy (non-hydrogen) atoms. The van der Waals surface area contributed by atoms with Crippen LogP contribution in [0.25, 0.3) is 0 Å². The standard InChI is InChI=1S/C19H23NOS/c1-3-9-15(2)20-19(21)17-12-7-8-13-18(17)22-14-16-10-5-4-6-11-16/h4-8,10-13,15H,3,9,14H2,1-2H3,(H,20,21). The fourth-order valence-corrected chi connectivity index (χ4v) is 3.33. The second kappa shape index (κ2) is 8.64. The molecule has 2 aromatic rings. The molecule has 3 heteroatoms. The van der Waals surface area contributed by atoms with Crippen molar-refractivity contribution in [2.45, 2.75) is 43.4 Å². The summed E-state index contributed by atoms with van der Waals surface area (Å²) in [7, 11) is 0. The monoisotopic (exact) mass is 313 g/mol. The maximum atomic E-state index is 12.4. The van der Waals surface area contributed by atoms with Crippen LogP contribution in [-0.4, -0.2) is 11.9 Å². The van der Waals surface area contributed by atoms with Crippen molar-refractivity contribution in [3.05, 3.63) is 65.7 Å². The fourth-order valence-electron chi connectivity index (χ4n) is 2.32. The summed E-state index contributed by atoms with van der Waals surface area (Å²) in [6.07, 6.45) is 2.08. The lowest BCUT2D eigenvalue weighted by Gasteiger charge is -2.14. The summed E-state index contributed by atoms with van der Waals surface area (Å²) in [6.45, 7) is 4.19. The van der Waals surface area contributed by atoms with Crippen LogP contribution in [0.5, 0.6) is 0 Å². The Bertz CT molecular complexity index is 597. The number of carbonyl (C=O) groups is 1. The lowest BCUT2D eigenvalue weighted by molar-refractivity contribution is 0.0935. The largest absolute Gasteiger partial charge is 0.350 e. The predicted molar refractivity (Wildman–Crippen MR) is 94.3 cm³/mol. The Morgan fingerprint density at radius 1 is 1.09 bits per heavy atom. The molecule has 2 aromatic carbocycles. The quantitative estimate of drug-likeness (QED) is 0.737. The predicted octanol–water partition coefficient (Wildman–Crippen LogP) is 4.90. The van der Waals surface area contributed by atoms with Gasteiger partial charge in [0.2, 0.25) is 0 Å². The van der Waals surface area contributed by atoms with E-state index in [1.54, 1.807) is 11.8 Å². The van der Waals surface area contributed by atoms with E-state index < -0.39 is 0 Å². The Labute approximate surface area is 137 Å². The molecule has 0 aromatic heterocycles. The fraction of sp³-hybridized carbons (Fsp3) is 0.316. The highest BCUT2D eigenvalue weighted by molar-refractivity contribution is 7.98. The van der Waals surface area contributed by atoms with Crippen molar-refractivity contribution in [1.82, 2.24) is 5.32 Å². The summed E-state index contributed by atoms with van der Waals surface area (Å²) in [5, 5.41) is 3.08. The van der Waals surface area contributed by atoms with Crippen LogP contribution < -0.4 is 5.32 Å². The first-order valence-corrected chi connectivity index (χ1v) is 8.76. The van der Waals surface area contributed by atoms with E-state index in [-0.39, 0.29) is 11.9 Å². The molecular weight excluding hydrogens is 290 g/mol. The highest BCUT2D eigenvalue weighted by Gasteiger charge is 2.13. The molecule has 0 bridgehead atoms. The normalized spacial score (nSPS) is 11.9. The third kappa shape index (κ3) is 4.92. The van der Waals surface area contributed by atoms with E-state index in [1.165, 1.54) is 5.56 Å². The van der Waals surface area contributed by atoms with E-state index in [0.717, 1.165) is 29.1 Å². The van der Waals surface area contributed by atoms with Gasteiger partial charge < -0.3 is 5.32 Å². The van der Waals surface area contributed by atoms with Crippen LogP contribution >= 0.6 is 11.8 Å². The van der Waals surface area contributed by atoms with Crippen molar-refractivity contribution in [3.8, 4) is 0 Å². The van der Waals surface area contributed by atoms with Crippen LogP contribution in [0.3, 0.4) is 0 Å². The lowest BCUT2D eigenvalue weighted by atomic mass is 10.1. The number of hydrogen-bond acceptors (Lipinski definition) is 2. The van der Waals surface area contributed by atoms with Gasteiger partial charge in [-0.2, -0.15) is 0 Å². The summed E-state index contributed by atoms with van der Waals surface area (Å²) < 4.78 is 0. The molecule has 1 N–H and O–H groups in total. The van der Waals surface area contributed by atoms with Gasteiger partial charge >= 0.3 is 0 Å². The van der Waals surface area contributed by atoms with Gasteiger partial charge in [0.15, 0.2) is 0 Å². The van der Waals surface area contributed by atoms with Gasteiger partial charge in [-0.25, -0.2) is 0 Å².